The molecule has 246 valence electrons. The zero-order chi connectivity index (χ0) is 32.5. The highest BCUT2D eigenvalue weighted by molar-refractivity contribution is 7.09. The summed E-state index contributed by atoms with van der Waals surface area (Å²) in [5.74, 6) is -3.31. The van der Waals surface area contributed by atoms with Crippen molar-refractivity contribution in [2.75, 3.05) is 40.3 Å². The van der Waals surface area contributed by atoms with Crippen LogP contribution in [0.5, 0.6) is 0 Å². The quantitative estimate of drug-likeness (QED) is 0.362. The zero-order valence-corrected chi connectivity index (χ0v) is 28.3. The Kier molecular flexibility index (Phi) is 10.1. The van der Waals surface area contributed by atoms with E-state index in [-0.39, 0.29) is 44.8 Å². The van der Waals surface area contributed by atoms with E-state index in [1.54, 1.807) is 24.4 Å². The van der Waals surface area contributed by atoms with Gasteiger partial charge in [0.25, 0.3) is 0 Å². The first-order chi connectivity index (χ1) is 22.2. The third-order valence-electron chi connectivity index (χ3n) is 10.1. The van der Waals surface area contributed by atoms with Crippen molar-refractivity contribution in [3.63, 3.8) is 0 Å². The second kappa shape index (κ2) is 14.0. The first-order valence-electron chi connectivity index (χ1n) is 15.8. The van der Waals surface area contributed by atoms with Gasteiger partial charge in [0, 0.05) is 89.3 Å². The first-order valence-corrected chi connectivity index (χ1v) is 17.4. The van der Waals surface area contributed by atoms with Crippen molar-refractivity contribution in [2.24, 2.45) is 0 Å². The standard InChI is InChI=1S/C33H39Cl2N5O5S/c1-38-19-6-7-20(38)17-21(16-19)39-11-13-40(14-12-39)27(41)18-25-29(32(42)43)31(28-22(34)4-3-5-23(28)35)30(33(44)45-2)24(37-25)8-9-26-36-10-15-46-26/h3-5,10,15,19-21,31,37H,6-9,11-14,16-18H2,1-2H3,(H,42,43)/t19-,20+,21?,31?. The number of carboxylic acid groups (broad SMARTS) is 1. The number of hydrogen-bond donors (Lipinski definition) is 2. The highest BCUT2D eigenvalue weighted by atomic mass is 35.5. The lowest BCUT2D eigenvalue weighted by atomic mass is 9.78. The molecule has 1 amide bonds. The van der Waals surface area contributed by atoms with E-state index in [4.69, 9.17) is 27.9 Å². The Hall–Kier alpha value is -2.96. The van der Waals surface area contributed by atoms with Crippen LogP contribution in [0.4, 0.5) is 0 Å². The minimum Gasteiger partial charge on any atom is -0.478 e. The van der Waals surface area contributed by atoms with Crippen LogP contribution < -0.4 is 5.32 Å². The molecule has 3 fully saturated rings. The fourth-order valence-electron chi connectivity index (χ4n) is 7.71. The second-order valence-corrected chi connectivity index (χ2v) is 14.3. The van der Waals surface area contributed by atoms with Gasteiger partial charge in [0.2, 0.25) is 5.91 Å². The molecule has 4 atom stereocenters. The molecule has 4 aliphatic heterocycles. The third kappa shape index (κ3) is 6.57. The number of amides is 1. The molecule has 1 aromatic heterocycles. The van der Waals surface area contributed by atoms with Crippen LogP contribution in [-0.4, -0.2) is 101 Å². The predicted molar refractivity (Wildman–Crippen MR) is 177 cm³/mol. The fraction of sp³-hybridized carbons (Fsp3) is 0.515. The Morgan fingerprint density at radius 2 is 1.67 bits per heavy atom. The summed E-state index contributed by atoms with van der Waals surface area (Å²) in [5.41, 5.74) is 0.903. The summed E-state index contributed by atoms with van der Waals surface area (Å²) in [7, 11) is 3.49. The van der Waals surface area contributed by atoms with Gasteiger partial charge >= 0.3 is 11.9 Å². The van der Waals surface area contributed by atoms with Crippen LogP contribution in [0.1, 0.15) is 55.0 Å². The molecule has 0 saturated carbocycles. The maximum absolute atomic E-state index is 13.8. The molecule has 2 aromatic rings. The number of ether oxygens (including phenoxy) is 1. The van der Waals surface area contributed by atoms with E-state index in [0.717, 1.165) is 18.1 Å². The molecular weight excluding hydrogens is 649 g/mol. The van der Waals surface area contributed by atoms with E-state index < -0.39 is 17.9 Å². The molecule has 0 aliphatic carbocycles. The highest BCUT2D eigenvalue weighted by Crippen LogP contribution is 2.46. The van der Waals surface area contributed by atoms with Crippen molar-refractivity contribution in [1.82, 2.24) is 25.0 Å². The number of methoxy groups -OCH3 is 1. The van der Waals surface area contributed by atoms with Crippen LogP contribution in [0.2, 0.25) is 10.0 Å². The molecule has 2 bridgehead atoms. The average Bonchev–Trinajstić information content (AvgIpc) is 3.62. The summed E-state index contributed by atoms with van der Waals surface area (Å²) in [6, 6.07) is 6.70. The number of dihydropyridines is 1. The van der Waals surface area contributed by atoms with Gasteiger partial charge in [-0.25, -0.2) is 14.6 Å². The Bertz CT molecular complexity index is 1520. The molecule has 4 aliphatic rings. The van der Waals surface area contributed by atoms with Crippen LogP contribution in [0.3, 0.4) is 0 Å². The molecule has 10 nitrogen and oxygen atoms in total. The molecule has 2 unspecified atom stereocenters. The van der Waals surface area contributed by atoms with Gasteiger partial charge in [-0.1, -0.05) is 29.3 Å². The maximum Gasteiger partial charge on any atom is 0.336 e. The summed E-state index contributed by atoms with van der Waals surface area (Å²) in [4.78, 5) is 51.5. The summed E-state index contributed by atoms with van der Waals surface area (Å²) < 4.78 is 5.18. The fourth-order valence-corrected chi connectivity index (χ4v) is 8.95. The van der Waals surface area contributed by atoms with E-state index in [2.05, 4.69) is 27.1 Å². The van der Waals surface area contributed by atoms with Crippen molar-refractivity contribution in [2.45, 2.75) is 69.0 Å². The highest BCUT2D eigenvalue weighted by Gasteiger charge is 2.43. The number of carbonyl (C=O) groups excluding carboxylic acids is 2. The number of hydrogen-bond acceptors (Lipinski definition) is 9. The van der Waals surface area contributed by atoms with E-state index in [9.17, 15) is 19.5 Å². The minimum absolute atomic E-state index is 0.100. The smallest absolute Gasteiger partial charge is 0.336 e. The number of thiazole rings is 1. The SMILES string of the molecule is COC(=O)C1=C(CCc2nccs2)NC(CC(=O)N2CCN(C3C[C@H]4CC[C@@H](C3)N4C)CC2)=C(C(=O)O)C1c1c(Cl)cccc1Cl. The summed E-state index contributed by atoms with van der Waals surface area (Å²) >= 11 is 14.8. The van der Waals surface area contributed by atoms with Gasteiger partial charge in [0.1, 0.15) is 0 Å². The number of nitrogens with one attached hydrogen (secondary N) is 1. The number of halogens is 2. The summed E-state index contributed by atoms with van der Waals surface area (Å²) in [6.07, 6.45) is 7.24. The lowest BCUT2D eigenvalue weighted by Crippen LogP contribution is -2.56. The van der Waals surface area contributed by atoms with Crippen molar-refractivity contribution in [1.29, 1.82) is 0 Å². The number of benzene rings is 1. The number of nitrogens with zero attached hydrogens (tertiary/aromatic N) is 4. The number of piperidine rings is 1. The Balaban J connectivity index is 1.28. The van der Waals surface area contributed by atoms with Crippen molar-refractivity contribution in [3.8, 4) is 0 Å². The number of carbonyl (C=O) groups is 3. The number of fused-ring (bicyclic) bond motifs is 2. The number of aromatic nitrogens is 1. The second-order valence-electron chi connectivity index (χ2n) is 12.5. The number of aliphatic carboxylic acids is 1. The monoisotopic (exact) mass is 687 g/mol. The number of piperazine rings is 1. The summed E-state index contributed by atoms with van der Waals surface area (Å²) in [6.45, 7) is 2.74. The predicted octanol–water partition coefficient (Wildman–Crippen LogP) is 4.69. The molecule has 1 aromatic carbocycles. The van der Waals surface area contributed by atoms with Gasteiger partial charge in [0.15, 0.2) is 0 Å². The lowest BCUT2D eigenvalue weighted by Gasteiger charge is -2.45. The van der Waals surface area contributed by atoms with Gasteiger partial charge < -0.3 is 25.0 Å². The maximum atomic E-state index is 13.8. The molecule has 13 heteroatoms. The molecule has 46 heavy (non-hydrogen) atoms. The molecule has 5 heterocycles. The Morgan fingerprint density at radius 3 is 2.26 bits per heavy atom. The Morgan fingerprint density at radius 1 is 1.00 bits per heavy atom. The van der Waals surface area contributed by atoms with Crippen LogP contribution in [0.15, 0.2) is 52.3 Å². The van der Waals surface area contributed by atoms with Gasteiger partial charge in [-0.2, -0.15) is 0 Å². The average molecular weight is 689 g/mol. The minimum atomic E-state index is -1.28. The van der Waals surface area contributed by atoms with E-state index >= 15 is 0 Å². The normalized spacial score (nSPS) is 25.5. The van der Waals surface area contributed by atoms with Crippen molar-refractivity contribution < 1.29 is 24.2 Å². The van der Waals surface area contributed by atoms with Gasteiger partial charge in [0.05, 0.1) is 35.6 Å². The van der Waals surface area contributed by atoms with Crippen LogP contribution >= 0.6 is 34.5 Å². The molecule has 3 saturated heterocycles. The van der Waals surface area contributed by atoms with E-state index in [1.165, 1.54) is 44.1 Å². The largest absolute Gasteiger partial charge is 0.478 e. The van der Waals surface area contributed by atoms with Crippen molar-refractivity contribution in [3.05, 3.63) is 72.9 Å². The van der Waals surface area contributed by atoms with Gasteiger partial charge in [-0.3, -0.25) is 9.69 Å². The molecule has 0 spiro atoms. The number of allylic oxidation sites excluding steroid dienone is 1. The molecule has 2 N–H and O–H groups in total. The lowest BCUT2D eigenvalue weighted by molar-refractivity contribution is -0.136. The van der Waals surface area contributed by atoms with Crippen LogP contribution in [0.25, 0.3) is 0 Å². The number of carboxylic acids is 1. The molecule has 0 radical (unpaired) electrons. The number of aryl methyl sites for hydroxylation is 1. The third-order valence-corrected chi connectivity index (χ3v) is 11.6. The van der Waals surface area contributed by atoms with Crippen LogP contribution in [-0.2, 0) is 25.5 Å². The van der Waals surface area contributed by atoms with E-state index in [0.29, 0.717) is 49.8 Å². The number of rotatable bonds is 9. The Labute approximate surface area is 283 Å². The topological polar surface area (TPSA) is 115 Å². The van der Waals surface area contributed by atoms with E-state index in [1.807, 2.05) is 10.3 Å². The zero-order valence-electron chi connectivity index (χ0n) is 26.0. The van der Waals surface area contributed by atoms with Crippen molar-refractivity contribution >= 4 is 52.4 Å². The first kappa shape index (κ1) is 33.0. The molecule has 6 rings (SSSR count). The number of esters is 1. The van der Waals surface area contributed by atoms with Crippen LogP contribution in [0, 0.1) is 0 Å². The van der Waals surface area contributed by atoms with Gasteiger partial charge in [-0.05, 0) is 51.3 Å². The van der Waals surface area contributed by atoms with Gasteiger partial charge in [-0.15, -0.1) is 11.3 Å². The summed E-state index contributed by atoms with van der Waals surface area (Å²) in [5, 5.41) is 17.0. The molecular formula is C33H39Cl2N5O5S.